The standard InChI is InChI=1S/C24H23ClN2O5S/c1-16-8-7-11-18(14-16)26-33(30,31)19-12-13-21(25)20(15-19)24(29)32-22(23(28)27(2)3)17-9-5-4-6-10-17/h4-15,22,26H,1-3H3/t22-/m1/s1. The van der Waals surface area contributed by atoms with Crippen LogP contribution in [0, 0.1) is 6.92 Å². The van der Waals surface area contributed by atoms with E-state index in [2.05, 4.69) is 4.72 Å². The monoisotopic (exact) mass is 486 g/mol. The number of rotatable bonds is 7. The van der Waals surface area contributed by atoms with Crippen molar-refractivity contribution in [1.82, 2.24) is 4.90 Å². The molecule has 7 nitrogen and oxygen atoms in total. The zero-order chi connectivity index (χ0) is 24.2. The predicted molar refractivity (Wildman–Crippen MR) is 127 cm³/mol. The van der Waals surface area contributed by atoms with Crippen LogP contribution in [0.4, 0.5) is 5.69 Å². The van der Waals surface area contributed by atoms with Gasteiger partial charge in [-0.3, -0.25) is 9.52 Å². The van der Waals surface area contributed by atoms with E-state index in [1.807, 2.05) is 13.0 Å². The lowest BCUT2D eigenvalue weighted by molar-refractivity contribution is -0.138. The Hall–Kier alpha value is -3.36. The molecule has 0 aliphatic carbocycles. The second kappa shape index (κ2) is 10.1. The molecule has 0 saturated heterocycles. The minimum atomic E-state index is -4.00. The zero-order valence-electron chi connectivity index (χ0n) is 18.3. The Morgan fingerprint density at radius 1 is 0.970 bits per heavy atom. The smallest absolute Gasteiger partial charge is 0.340 e. The number of aryl methyl sites for hydroxylation is 1. The topological polar surface area (TPSA) is 92.8 Å². The van der Waals surface area contributed by atoms with Crippen molar-refractivity contribution in [2.75, 3.05) is 18.8 Å². The van der Waals surface area contributed by atoms with Crippen LogP contribution in [0.25, 0.3) is 0 Å². The number of esters is 1. The maximum atomic E-state index is 13.0. The van der Waals surface area contributed by atoms with Crippen LogP contribution in [0.1, 0.15) is 27.6 Å². The number of carbonyl (C=O) groups is 2. The van der Waals surface area contributed by atoms with Gasteiger partial charge in [-0.25, -0.2) is 13.2 Å². The molecule has 0 spiro atoms. The molecule has 0 aliphatic heterocycles. The lowest BCUT2D eigenvalue weighted by Crippen LogP contribution is -2.31. The first-order valence-corrected chi connectivity index (χ1v) is 11.8. The predicted octanol–water partition coefficient (Wildman–Crippen LogP) is 4.44. The van der Waals surface area contributed by atoms with Crippen LogP contribution in [-0.4, -0.2) is 39.3 Å². The van der Waals surface area contributed by atoms with E-state index in [0.717, 1.165) is 11.6 Å². The Morgan fingerprint density at radius 3 is 2.30 bits per heavy atom. The Labute approximate surface area is 198 Å². The summed E-state index contributed by atoms with van der Waals surface area (Å²) in [7, 11) is -0.915. The van der Waals surface area contributed by atoms with Gasteiger partial charge in [0.1, 0.15) is 0 Å². The van der Waals surface area contributed by atoms with Gasteiger partial charge in [-0.2, -0.15) is 0 Å². The third-order valence-electron chi connectivity index (χ3n) is 4.73. The van der Waals surface area contributed by atoms with Gasteiger partial charge in [0, 0.05) is 25.3 Å². The summed E-state index contributed by atoms with van der Waals surface area (Å²) in [4.78, 5) is 26.8. The van der Waals surface area contributed by atoms with E-state index >= 15 is 0 Å². The lowest BCUT2D eigenvalue weighted by Gasteiger charge is -2.21. The van der Waals surface area contributed by atoms with Crippen molar-refractivity contribution in [3.05, 3.63) is 94.5 Å². The summed E-state index contributed by atoms with van der Waals surface area (Å²) < 4.78 is 33.7. The highest BCUT2D eigenvalue weighted by atomic mass is 35.5. The van der Waals surface area contributed by atoms with Crippen molar-refractivity contribution in [2.24, 2.45) is 0 Å². The van der Waals surface area contributed by atoms with E-state index < -0.39 is 28.0 Å². The van der Waals surface area contributed by atoms with Crippen molar-refractivity contribution in [3.63, 3.8) is 0 Å². The minimum Gasteiger partial charge on any atom is -0.444 e. The first-order chi connectivity index (χ1) is 15.6. The Balaban J connectivity index is 1.91. The van der Waals surface area contributed by atoms with E-state index in [1.54, 1.807) is 62.6 Å². The van der Waals surface area contributed by atoms with Crippen molar-refractivity contribution in [3.8, 4) is 0 Å². The number of hydrogen-bond acceptors (Lipinski definition) is 5. The molecular formula is C24H23ClN2O5S. The van der Waals surface area contributed by atoms with Gasteiger partial charge in [0.2, 0.25) is 6.10 Å². The quantitative estimate of drug-likeness (QED) is 0.498. The minimum absolute atomic E-state index is 0.00128. The number of halogens is 1. The number of nitrogens with zero attached hydrogens (tertiary/aromatic N) is 1. The summed E-state index contributed by atoms with van der Waals surface area (Å²) in [6, 6.07) is 19.1. The molecule has 3 aromatic rings. The maximum Gasteiger partial charge on any atom is 0.340 e. The number of anilines is 1. The molecule has 172 valence electrons. The summed E-state index contributed by atoms with van der Waals surface area (Å²) in [5.41, 5.74) is 1.57. The second-order valence-electron chi connectivity index (χ2n) is 7.55. The van der Waals surface area contributed by atoms with E-state index in [4.69, 9.17) is 16.3 Å². The Morgan fingerprint density at radius 2 is 1.67 bits per heavy atom. The number of hydrogen-bond donors (Lipinski definition) is 1. The third kappa shape index (κ3) is 5.91. The highest BCUT2D eigenvalue weighted by Crippen LogP contribution is 2.27. The average Bonchev–Trinajstić information content (AvgIpc) is 2.77. The summed E-state index contributed by atoms with van der Waals surface area (Å²) in [6.45, 7) is 1.84. The fourth-order valence-electron chi connectivity index (χ4n) is 3.04. The second-order valence-corrected chi connectivity index (χ2v) is 9.63. The van der Waals surface area contributed by atoms with E-state index in [0.29, 0.717) is 11.3 Å². The van der Waals surface area contributed by atoms with E-state index in [9.17, 15) is 18.0 Å². The molecule has 1 amide bonds. The molecule has 9 heteroatoms. The Bertz CT molecular complexity index is 1280. The summed E-state index contributed by atoms with van der Waals surface area (Å²) in [5, 5.41) is -0.00128. The molecule has 0 saturated carbocycles. The number of ether oxygens (including phenoxy) is 1. The van der Waals surface area contributed by atoms with Crippen LogP contribution >= 0.6 is 11.6 Å². The number of benzene rings is 3. The van der Waals surface area contributed by atoms with Crippen LogP contribution in [0.5, 0.6) is 0 Å². The fraction of sp³-hybridized carbons (Fsp3) is 0.167. The number of carbonyl (C=O) groups excluding carboxylic acids is 2. The highest BCUT2D eigenvalue weighted by Gasteiger charge is 2.28. The van der Waals surface area contributed by atoms with Gasteiger partial charge in [0.25, 0.3) is 15.9 Å². The normalized spacial score (nSPS) is 12.0. The zero-order valence-corrected chi connectivity index (χ0v) is 19.9. The van der Waals surface area contributed by atoms with Crippen molar-refractivity contribution in [1.29, 1.82) is 0 Å². The summed E-state index contributed by atoms with van der Waals surface area (Å²) in [5.74, 6) is -1.37. The van der Waals surface area contributed by atoms with Gasteiger partial charge in [-0.15, -0.1) is 0 Å². The van der Waals surface area contributed by atoms with E-state index in [1.165, 1.54) is 17.0 Å². The Kier molecular flexibility index (Phi) is 7.40. The highest BCUT2D eigenvalue weighted by molar-refractivity contribution is 7.92. The number of amides is 1. The summed E-state index contributed by atoms with van der Waals surface area (Å²) >= 11 is 6.18. The fourth-order valence-corrected chi connectivity index (χ4v) is 4.31. The third-order valence-corrected chi connectivity index (χ3v) is 6.44. The van der Waals surface area contributed by atoms with Crippen LogP contribution in [0.15, 0.2) is 77.7 Å². The molecule has 1 atom stereocenters. The molecule has 0 fully saturated rings. The van der Waals surface area contributed by atoms with Gasteiger partial charge >= 0.3 is 5.97 Å². The van der Waals surface area contributed by atoms with Gasteiger partial charge in [0.05, 0.1) is 15.5 Å². The van der Waals surface area contributed by atoms with Crippen molar-refractivity contribution < 1.29 is 22.7 Å². The largest absolute Gasteiger partial charge is 0.444 e. The van der Waals surface area contributed by atoms with Gasteiger partial charge < -0.3 is 9.64 Å². The molecule has 0 unspecified atom stereocenters. The van der Waals surface area contributed by atoms with Gasteiger partial charge in [-0.05, 0) is 42.8 Å². The molecule has 0 radical (unpaired) electrons. The summed E-state index contributed by atoms with van der Waals surface area (Å²) in [6.07, 6.45) is -1.21. The van der Waals surface area contributed by atoms with Crippen LogP contribution in [0.2, 0.25) is 5.02 Å². The number of sulfonamides is 1. The SMILES string of the molecule is Cc1cccc(NS(=O)(=O)c2ccc(Cl)c(C(=O)O[C@@H](C(=O)N(C)C)c3ccccc3)c2)c1. The van der Waals surface area contributed by atoms with Gasteiger partial charge in [0.15, 0.2) is 0 Å². The van der Waals surface area contributed by atoms with Crippen LogP contribution in [0.3, 0.4) is 0 Å². The van der Waals surface area contributed by atoms with Crippen molar-refractivity contribution in [2.45, 2.75) is 17.9 Å². The molecule has 3 aromatic carbocycles. The molecule has 0 aliphatic rings. The molecule has 33 heavy (non-hydrogen) atoms. The molecule has 3 rings (SSSR count). The van der Waals surface area contributed by atoms with Crippen LogP contribution < -0.4 is 4.72 Å². The first-order valence-electron chi connectivity index (χ1n) is 9.94. The van der Waals surface area contributed by atoms with E-state index in [-0.39, 0.29) is 15.5 Å². The molecule has 0 bridgehead atoms. The van der Waals surface area contributed by atoms with Crippen LogP contribution in [-0.2, 0) is 19.6 Å². The van der Waals surface area contributed by atoms with Crippen molar-refractivity contribution >= 4 is 39.2 Å². The van der Waals surface area contributed by atoms with Gasteiger partial charge in [-0.1, -0.05) is 54.1 Å². The molecule has 0 heterocycles. The lowest BCUT2D eigenvalue weighted by atomic mass is 10.1. The molecule has 0 aromatic heterocycles. The number of likely N-dealkylation sites (N-methyl/N-ethyl adjacent to an activating group) is 1. The first kappa shape index (κ1) is 24.3. The average molecular weight is 487 g/mol. The molecule has 1 N–H and O–H groups in total. The molecular weight excluding hydrogens is 464 g/mol. The maximum absolute atomic E-state index is 13.0. The number of nitrogens with one attached hydrogen (secondary N) is 1.